The van der Waals surface area contributed by atoms with Gasteiger partial charge in [-0.3, -0.25) is 16.3 Å². The molecule has 0 aliphatic rings. The lowest BCUT2D eigenvalue weighted by Crippen LogP contribution is -2.30. The third-order valence-corrected chi connectivity index (χ3v) is 3.13. The number of nitrogens with two attached hydrogens (primary N) is 1. The maximum Gasteiger partial charge on any atom is 0.0672 e. The summed E-state index contributed by atoms with van der Waals surface area (Å²) in [7, 11) is 0. The number of benzene rings is 1. The lowest BCUT2D eigenvalue weighted by atomic mass is 10.0. The van der Waals surface area contributed by atoms with Gasteiger partial charge < -0.3 is 0 Å². The summed E-state index contributed by atoms with van der Waals surface area (Å²) < 4.78 is 1.08. The van der Waals surface area contributed by atoms with Crippen LogP contribution in [-0.2, 0) is 6.42 Å². The van der Waals surface area contributed by atoms with Crippen molar-refractivity contribution < 1.29 is 0 Å². The number of nitrogens with zero attached hydrogens (tertiary/aromatic N) is 1. The average Bonchev–Trinajstić information content (AvgIpc) is 2.39. The molecule has 0 radical (unpaired) electrons. The Bertz CT molecular complexity index is 456. The normalized spacial score (nSPS) is 12.4. The summed E-state index contributed by atoms with van der Waals surface area (Å²) in [6.07, 6.45) is 2.60. The number of hydrazine groups is 1. The fourth-order valence-corrected chi connectivity index (χ4v) is 1.95. The van der Waals surface area contributed by atoms with Crippen LogP contribution < -0.4 is 11.3 Å². The first kappa shape index (κ1) is 12.2. The molecule has 0 spiro atoms. The molecule has 3 N–H and O–H groups in total. The molecule has 1 aromatic heterocycles. The second kappa shape index (κ2) is 5.91. The molecule has 0 saturated carbocycles. The molecular formula is C13H14BrN3. The third-order valence-electron chi connectivity index (χ3n) is 2.60. The van der Waals surface area contributed by atoms with Crippen molar-refractivity contribution in [3.8, 4) is 0 Å². The van der Waals surface area contributed by atoms with Gasteiger partial charge >= 0.3 is 0 Å². The molecule has 0 amide bonds. The zero-order valence-electron chi connectivity index (χ0n) is 9.31. The molecule has 0 bridgehead atoms. The number of rotatable bonds is 4. The molecule has 3 nitrogen and oxygen atoms in total. The molecule has 4 heteroatoms. The van der Waals surface area contributed by atoms with E-state index in [4.69, 9.17) is 5.84 Å². The van der Waals surface area contributed by atoms with Crippen LogP contribution in [0.15, 0.2) is 53.1 Å². The lowest BCUT2D eigenvalue weighted by Gasteiger charge is -2.15. The van der Waals surface area contributed by atoms with Crippen molar-refractivity contribution in [2.45, 2.75) is 12.5 Å². The first-order valence-electron chi connectivity index (χ1n) is 5.41. The largest absolute Gasteiger partial charge is 0.271 e. The fraction of sp³-hybridized carbons (Fsp3) is 0.154. The van der Waals surface area contributed by atoms with E-state index in [1.165, 1.54) is 5.56 Å². The molecule has 1 unspecified atom stereocenters. The highest BCUT2D eigenvalue weighted by atomic mass is 79.9. The minimum Gasteiger partial charge on any atom is -0.271 e. The van der Waals surface area contributed by atoms with Gasteiger partial charge in [-0.1, -0.05) is 34.1 Å². The standard InChI is InChI=1S/C13H14BrN3/c14-11-6-4-10(5-7-11)9-13(17-15)12-3-1-2-8-16-12/h1-8,13,17H,9,15H2. The minimum atomic E-state index is 0.0392. The summed E-state index contributed by atoms with van der Waals surface area (Å²) in [6.45, 7) is 0. The topological polar surface area (TPSA) is 50.9 Å². The summed E-state index contributed by atoms with van der Waals surface area (Å²) in [6, 6.07) is 14.1. The zero-order chi connectivity index (χ0) is 12.1. The fourth-order valence-electron chi connectivity index (χ4n) is 1.69. The van der Waals surface area contributed by atoms with E-state index in [0.29, 0.717) is 0 Å². The molecule has 17 heavy (non-hydrogen) atoms. The first-order chi connectivity index (χ1) is 8.29. The predicted molar refractivity (Wildman–Crippen MR) is 72.1 cm³/mol. The van der Waals surface area contributed by atoms with Crippen molar-refractivity contribution in [1.82, 2.24) is 10.4 Å². The van der Waals surface area contributed by atoms with Crippen LogP contribution in [0.2, 0.25) is 0 Å². The van der Waals surface area contributed by atoms with Crippen molar-refractivity contribution in [2.24, 2.45) is 5.84 Å². The van der Waals surface area contributed by atoms with Crippen LogP contribution in [0.5, 0.6) is 0 Å². The van der Waals surface area contributed by atoms with E-state index in [-0.39, 0.29) is 6.04 Å². The molecular weight excluding hydrogens is 278 g/mol. The van der Waals surface area contributed by atoms with Crippen molar-refractivity contribution in [3.05, 3.63) is 64.4 Å². The van der Waals surface area contributed by atoms with Gasteiger partial charge in [0, 0.05) is 10.7 Å². The summed E-state index contributed by atoms with van der Waals surface area (Å²) in [5.41, 5.74) is 4.99. The second-order valence-electron chi connectivity index (χ2n) is 3.80. The number of halogens is 1. The van der Waals surface area contributed by atoms with Crippen molar-refractivity contribution in [2.75, 3.05) is 0 Å². The Morgan fingerprint density at radius 1 is 1.18 bits per heavy atom. The summed E-state index contributed by atoms with van der Waals surface area (Å²) in [5, 5.41) is 0. The molecule has 1 heterocycles. The van der Waals surface area contributed by atoms with E-state index >= 15 is 0 Å². The number of aromatic nitrogens is 1. The highest BCUT2D eigenvalue weighted by Gasteiger charge is 2.11. The minimum absolute atomic E-state index is 0.0392. The van der Waals surface area contributed by atoms with E-state index in [1.54, 1.807) is 6.20 Å². The van der Waals surface area contributed by atoms with Crippen LogP contribution in [0.3, 0.4) is 0 Å². The molecule has 2 rings (SSSR count). The Labute approximate surface area is 109 Å². The summed E-state index contributed by atoms with van der Waals surface area (Å²) in [5.74, 6) is 5.58. The van der Waals surface area contributed by atoms with Gasteiger partial charge in [0.2, 0.25) is 0 Å². The average molecular weight is 292 g/mol. The van der Waals surface area contributed by atoms with Gasteiger partial charge in [0.15, 0.2) is 0 Å². The monoisotopic (exact) mass is 291 g/mol. The maximum atomic E-state index is 5.58. The predicted octanol–water partition coefficient (Wildman–Crippen LogP) is 2.59. The highest BCUT2D eigenvalue weighted by Crippen LogP contribution is 2.17. The Hall–Kier alpha value is -1.23. The molecule has 1 atom stereocenters. The molecule has 0 aliphatic heterocycles. The maximum absolute atomic E-state index is 5.58. The Morgan fingerprint density at radius 3 is 2.53 bits per heavy atom. The van der Waals surface area contributed by atoms with Gasteiger partial charge in [-0.15, -0.1) is 0 Å². The Morgan fingerprint density at radius 2 is 1.94 bits per heavy atom. The third kappa shape index (κ3) is 3.36. The van der Waals surface area contributed by atoms with Crippen molar-refractivity contribution in [1.29, 1.82) is 0 Å². The number of hydrogen-bond donors (Lipinski definition) is 2. The first-order valence-corrected chi connectivity index (χ1v) is 6.20. The number of nitrogens with one attached hydrogen (secondary N) is 1. The van der Waals surface area contributed by atoms with Crippen LogP contribution in [0.4, 0.5) is 0 Å². The molecule has 0 aliphatic carbocycles. The van der Waals surface area contributed by atoms with Crippen molar-refractivity contribution >= 4 is 15.9 Å². The molecule has 0 fully saturated rings. The second-order valence-corrected chi connectivity index (χ2v) is 4.72. The van der Waals surface area contributed by atoms with Crippen LogP contribution in [0, 0.1) is 0 Å². The van der Waals surface area contributed by atoms with E-state index in [1.807, 2.05) is 30.3 Å². The quantitative estimate of drug-likeness (QED) is 0.672. The van der Waals surface area contributed by atoms with Gasteiger partial charge in [-0.05, 0) is 36.2 Å². The van der Waals surface area contributed by atoms with E-state index in [2.05, 4.69) is 38.5 Å². The highest BCUT2D eigenvalue weighted by molar-refractivity contribution is 9.10. The summed E-state index contributed by atoms with van der Waals surface area (Å²) in [4.78, 5) is 4.31. The van der Waals surface area contributed by atoms with Gasteiger partial charge in [0.1, 0.15) is 0 Å². The molecule has 88 valence electrons. The zero-order valence-corrected chi connectivity index (χ0v) is 10.9. The van der Waals surface area contributed by atoms with E-state index in [9.17, 15) is 0 Å². The molecule has 0 saturated heterocycles. The van der Waals surface area contributed by atoms with Crippen LogP contribution in [0.25, 0.3) is 0 Å². The van der Waals surface area contributed by atoms with Gasteiger partial charge in [-0.2, -0.15) is 0 Å². The van der Waals surface area contributed by atoms with E-state index in [0.717, 1.165) is 16.6 Å². The molecule has 1 aromatic carbocycles. The Balaban J connectivity index is 2.13. The number of hydrogen-bond acceptors (Lipinski definition) is 3. The smallest absolute Gasteiger partial charge is 0.0672 e. The van der Waals surface area contributed by atoms with E-state index < -0.39 is 0 Å². The Kier molecular flexibility index (Phi) is 4.25. The SMILES string of the molecule is NNC(Cc1ccc(Br)cc1)c1ccccn1. The number of pyridine rings is 1. The van der Waals surface area contributed by atoms with Gasteiger partial charge in [0.25, 0.3) is 0 Å². The summed E-state index contributed by atoms with van der Waals surface area (Å²) >= 11 is 3.42. The lowest BCUT2D eigenvalue weighted by molar-refractivity contribution is 0.538. The molecule has 2 aromatic rings. The van der Waals surface area contributed by atoms with Crippen LogP contribution in [0.1, 0.15) is 17.3 Å². The van der Waals surface area contributed by atoms with Crippen LogP contribution >= 0.6 is 15.9 Å². The van der Waals surface area contributed by atoms with Gasteiger partial charge in [0.05, 0.1) is 11.7 Å². The van der Waals surface area contributed by atoms with Crippen LogP contribution in [-0.4, -0.2) is 4.98 Å². The van der Waals surface area contributed by atoms with Crippen molar-refractivity contribution in [3.63, 3.8) is 0 Å². The van der Waals surface area contributed by atoms with Gasteiger partial charge in [-0.25, -0.2) is 0 Å².